The second-order valence-corrected chi connectivity index (χ2v) is 3.80. The standard InChI is InChI=1S/C13H13F2N/c14-13(15)8-12(16)11-7-3-5-9-4-1-2-6-10(9)11/h1-7,12-13H,8,16H2/t12-/m0/s1. The van der Waals surface area contributed by atoms with Gasteiger partial charge in [0.05, 0.1) is 0 Å². The van der Waals surface area contributed by atoms with Gasteiger partial charge >= 0.3 is 0 Å². The third kappa shape index (κ3) is 2.19. The van der Waals surface area contributed by atoms with E-state index in [9.17, 15) is 8.78 Å². The Labute approximate surface area is 92.9 Å². The molecular weight excluding hydrogens is 208 g/mol. The lowest BCUT2D eigenvalue weighted by atomic mass is 9.97. The van der Waals surface area contributed by atoms with E-state index < -0.39 is 12.5 Å². The monoisotopic (exact) mass is 221 g/mol. The van der Waals surface area contributed by atoms with Crippen molar-refractivity contribution in [2.75, 3.05) is 0 Å². The van der Waals surface area contributed by atoms with Crippen LogP contribution in [0.3, 0.4) is 0 Å². The van der Waals surface area contributed by atoms with E-state index in [1.165, 1.54) is 0 Å². The molecule has 0 saturated heterocycles. The number of rotatable bonds is 3. The summed E-state index contributed by atoms with van der Waals surface area (Å²) in [6, 6.07) is 12.7. The molecule has 16 heavy (non-hydrogen) atoms. The van der Waals surface area contributed by atoms with Gasteiger partial charge in [0.15, 0.2) is 0 Å². The molecule has 0 radical (unpaired) electrons. The fraction of sp³-hybridized carbons (Fsp3) is 0.231. The van der Waals surface area contributed by atoms with E-state index in [0.717, 1.165) is 16.3 Å². The Kier molecular flexibility index (Phi) is 3.15. The molecule has 1 nitrogen and oxygen atoms in total. The molecule has 0 amide bonds. The zero-order valence-corrected chi connectivity index (χ0v) is 8.74. The van der Waals surface area contributed by atoms with Gasteiger partial charge in [-0.3, -0.25) is 0 Å². The van der Waals surface area contributed by atoms with Gasteiger partial charge in [-0.25, -0.2) is 8.78 Å². The Hall–Kier alpha value is -1.48. The predicted octanol–water partition coefficient (Wildman–Crippen LogP) is 3.49. The second-order valence-electron chi connectivity index (χ2n) is 3.80. The summed E-state index contributed by atoms with van der Waals surface area (Å²) in [5, 5.41) is 1.99. The van der Waals surface area contributed by atoms with E-state index in [0.29, 0.717) is 0 Å². The maximum atomic E-state index is 12.3. The molecule has 0 saturated carbocycles. The van der Waals surface area contributed by atoms with Gasteiger partial charge in [0.25, 0.3) is 0 Å². The van der Waals surface area contributed by atoms with Crippen LogP contribution in [0.15, 0.2) is 42.5 Å². The van der Waals surface area contributed by atoms with Crippen molar-refractivity contribution >= 4 is 10.8 Å². The van der Waals surface area contributed by atoms with Crippen LogP contribution in [-0.4, -0.2) is 6.43 Å². The smallest absolute Gasteiger partial charge is 0.240 e. The molecule has 0 unspecified atom stereocenters. The van der Waals surface area contributed by atoms with Gasteiger partial charge in [0, 0.05) is 12.5 Å². The summed E-state index contributed by atoms with van der Waals surface area (Å²) >= 11 is 0. The molecule has 0 aromatic heterocycles. The fourth-order valence-corrected chi connectivity index (χ4v) is 1.89. The summed E-state index contributed by atoms with van der Waals surface area (Å²) in [6.45, 7) is 0. The van der Waals surface area contributed by atoms with Crippen LogP contribution in [0.2, 0.25) is 0 Å². The van der Waals surface area contributed by atoms with Crippen molar-refractivity contribution in [3.63, 3.8) is 0 Å². The first-order valence-electron chi connectivity index (χ1n) is 5.20. The predicted molar refractivity (Wildman–Crippen MR) is 61.5 cm³/mol. The van der Waals surface area contributed by atoms with Crippen molar-refractivity contribution in [2.24, 2.45) is 5.73 Å². The number of fused-ring (bicyclic) bond motifs is 1. The maximum absolute atomic E-state index is 12.3. The van der Waals surface area contributed by atoms with E-state index in [1.807, 2.05) is 42.5 Å². The van der Waals surface area contributed by atoms with Crippen molar-refractivity contribution < 1.29 is 8.78 Å². The summed E-state index contributed by atoms with van der Waals surface area (Å²) in [6.07, 6.45) is -2.66. The third-order valence-corrected chi connectivity index (χ3v) is 2.65. The largest absolute Gasteiger partial charge is 0.324 e. The molecule has 2 aromatic carbocycles. The van der Waals surface area contributed by atoms with Crippen molar-refractivity contribution in [3.8, 4) is 0 Å². The molecule has 0 fully saturated rings. The van der Waals surface area contributed by atoms with Gasteiger partial charge in [-0.2, -0.15) is 0 Å². The minimum Gasteiger partial charge on any atom is -0.324 e. The minimum atomic E-state index is -2.37. The van der Waals surface area contributed by atoms with E-state index in [4.69, 9.17) is 5.73 Å². The van der Waals surface area contributed by atoms with Crippen LogP contribution in [-0.2, 0) is 0 Å². The van der Waals surface area contributed by atoms with Crippen LogP contribution in [0.1, 0.15) is 18.0 Å². The molecule has 1 atom stereocenters. The van der Waals surface area contributed by atoms with Crippen molar-refractivity contribution in [1.29, 1.82) is 0 Å². The lowest BCUT2D eigenvalue weighted by Gasteiger charge is -2.14. The van der Waals surface area contributed by atoms with Crippen molar-refractivity contribution in [3.05, 3.63) is 48.0 Å². The highest BCUT2D eigenvalue weighted by Gasteiger charge is 2.14. The molecule has 0 bridgehead atoms. The highest BCUT2D eigenvalue weighted by Crippen LogP contribution is 2.26. The number of halogens is 2. The Balaban J connectivity index is 2.44. The van der Waals surface area contributed by atoms with Gasteiger partial charge < -0.3 is 5.73 Å². The van der Waals surface area contributed by atoms with Crippen LogP contribution in [0.4, 0.5) is 8.78 Å². The summed E-state index contributed by atoms with van der Waals surface area (Å²) < 4.78 is 24.6. The van der Waals surface area contributed by atoms with Crippen LogP contribution in [0.5, 0.6) is 0 Å². The van der Waals surface area contributed by atoms with Crippen LogP contribution < -0.4 is 5.73 Å². The number of benzene rings is 2. The van der Waals surface area contributed by atoms with Gasteiger partial charge in [-0.15, -0.1) is 0 Å². The Bertz CT molecular complexity index is 477. The molecule has 0 aliphatic rings. The Morgan fingerprint density at radius 2 is 1.69 bits per heavy atom. The lowest BCUT2D eigenvalue weighted by Crippen LogP contribution is -2.14. The second kappa shape index (κ2) is 4.58. The first kappa shape index (κ1) is 11.0. The van der Waals surface area contributed by atoms with Crippen LogP contribution in [0.25, 0.3) is 10.8 Å². The third-order valence-electron chi connectivity index (χ3n) is 2.65. The summed E-state index contributed by atoms with van der Waals surface area (Å²) in [4.78, 5) is 0. The normalized spacial score (nSPS) is 13.2. The molecule has 2 aromatic rings. The number of alkyl halides is 2. The maximum Gasteiger partial charge on any atom is 0.240 e. The quantitative estimate of drug-likeness (QED) is 0.843. The molecule has 0 aliphatic carbocycles. The van der Waals surface area contributed by atoms with Crippen LogP contribution in [0, 0.1) is 0 Å². The van der Waals surface area contributed by atoms with E-state index >= 15 is 0 Å². The molecule has 3 heteroatoms. The first-order chi connectivity index (χ1) is 7.68. The topological polar surface area (TPSA) is 26.0 Å². The van der Waals surface area contributed by atoms with Crippen molar-refractivity contribution in [2.45, 2.75) is 18.9 Å². The Morgan fingerprint density at radius 3 is 2.44 bits per heavy atom. The number of hydrogen-bond acceptors (Lipinski definition) is 1. The van der Waals surface area contributed by atoms with Crippen LogP contribution >= 0.6 is 0 Å². The van der Waals surface area contributed by atoms with Gasteiger partial charge in [-0.1, -0.05) is 42.5 Å². The molecule has 0 aliphatic heterocycles. The van der Waals surface area contributed by atoms with Gasteiger partial charge in [-0.05, 0) is 16.3 Å². The van der Waals surface area contributed by atoms with E-state index in [2.05, 4.69) is 0 Å². The number of hydrogen-bond donors (Lipinski definition) is 1. The molecule has 0 heterocycles. The van der Waals surface area contributed by atoms with E-state index in [-0.39, 0.29) is 6.42 Å². The molecule has 84 valence electrons. The zero-order chi connectivity index (χ0) is 11.5. The highest BCUT2D eigenvalue weighted by molar-refractivity contribution is 5.86. The average molecular weight is 221 g/mol. The van der Waals surface area contributed by atoms with Gasteiger partial charge in [0.1, 0.15) is 0 Å². The molecule has 0 spiro atoms. The van der Waals surface area contributed by atoms with Crippen molar-refractivity contribution in [1.82, 2.24) is 0 Å². The lowest BCUT2D eigenvalue weighted by molar-refractivity contribution is 0.128. The summed E-state index contributed by atoms with van der Waals surface area (Å²) in [5.74, 6) is 0. The Morgan fingerprint density at radius 1 is 1.00 bits per heavy atom. The highest BCUT2D eigenvalue weighted by atomic mass is 19.3. The fourth-order valence-electron chi connectivity index (χ4n) is 1.89. The first-order valence-corrected chi connectivity index (χ1v) is 5.20. The van der Waals surface area contributed by atoms with E-state index in [1.54, 1.807) is 0 Å². The SMILES string of the molecule is N[C@@H](CC(F)F)c1cccc2ccccc12. The average Bonchev–Trinajstić information content (AvgIpc) is 2.27. The van der Waals surface area contributed by atoms with Gasteiger partial charge in [0.2, 0.25) is 6.43 Å². The molecule has 2 N–H and O–H groups in total. The number of nitrogens with two attached hydrogens (primary N) is 1. The zero-order valence-electron chi connectivity index (χ0n) is 8.74. The summed E-state index contributed by atoms with van der Waals surface area (Å²) in [7, 11) is 0. The molecular formula is C13H13F2N. The molecule has 2 rings (SSSR count). The minimum absolute atomic E-state index is 0.298. The summed E-state index contributed by atoms with van der Waals surface area (Å²) in [5.41, 5.74) is 6.57.